The summed E-state index contributed by atoms with van der Waals surface area (Å²) >= 11 is 0. The first kappa shape index (κ1) is 18.9. The van der Waals surface area contributed by atoms with Crippen LogP contribution in [0.5, 0.6) is 0 Å². The fourth-order valence-corrected chi connectivity index (χ4v) is 0.556. The lowest BCUT2D eigenvalue weighted by Crippen LogP contribution is -1.68. The Morgan fingerprint density at radius 1 is 1.21 bits per heavy atom. The van der Waals surface area contributed by atoms with E-state index in [-0.39, 0.29) is 0 Å². The van der Waals surface area contributed by atoms with Crippen molar-refractivity contribution in [1.82, 2.24) is 0 Å². The van der Waals surface area contributed by atoms with Gasteiger partial charge in [0.2, 0.25) is 0 Å². The number of allylic oxidation sites excluding steroid dienone is 5. The highest BCUT2D eigenvalue weighted by Crippen LogP contribution is 1.98. The molecule has 0 unspecified atom stereocenters. The van der Waals surface area contributed by atoms with Crippen LogP contribution in [0.2, 0.25) is 0 Å². The molecule has 0 saturated heterocycles. The third-order valence-corrected chi connectivity index (χ3v) is 1.04. The maximum absolute atomic E-state index is 3.64. The minimum atomic E-state index is 0.990. The highest BCUT2D eigenvalue weighted by atomic mass is 13.8. The minimum absolute atomic E-state index is 0.990. The van der Waals surface area contributed by atoms with Crippen molar-refractivity contribution < 1.29 is 0 Å². The fourth-order valence-electron chi connectivity index (χ4n) is 0.556. The third kappa shape index (κ3) is 30.3. The molecule has 0 amide bonds. The molecule has 0 aromatic rings. The van der Waals surface area contributed by atoms with E-state index in [9.17, 15) is 0 Å². The molecule has 0 aromatic heterocycles. The Balaban J connectivity index is -0.000000205. The van der Waals surface area contributed by atoms with E-state index in [1.54, 1.807) is 0 Å². The first-order valence-electron chi connectivity index (χ1n) is 5.62. The summed E-state index contributed by atoms with van der Waals surface area (Å²) in [7, 11) is 0. The quantitative estimate of drug-likeness (QED) is 0.411. The van der Waals surface area contributed by atoms with Crippen LogP contribution in [0.15, 0.2) is 36.5 Å². The van der Waals surface area contributed by atoms with Crippen molar-refractivity contribution in [2.45, 2.75) is 54.4 Å². The summed E-state index contributed by atoms with van der Waals surface area (Å²) in [6, 6.07) is 0. The molecule has 0 aliphatic rings. The second-order valence-corrected chi connectivity index (χ2v) is 2.74. The first-order chi connectivity index (χ1) is 6.72. The highest BCUT2D eigenvalue weighted by Gasteiger charge is 1.78. The first-order valence-corrected chi connectivity index (χ1v) is 5.62. The molecule has 0 radical (unpaired) electrons. The Kier molecular flexibility index (Phi) is 30.7. The standard InChI is InChI=1S/C9H14.C3H8.C2H6/c1-4-6-8-9(3)7-5-2;1-3-2;1-2/h4-6,8H,2,7H2,1,3H3;3H2,1-2H3;1-2H3/b6-4+,9-8-;;. The van der Waals surface area contributed by atoms with Crippen molar-refractivity contribution in [1.29, 1.82) is 0 Å². The van der Waals surface area contributed by atoms with E-state index in [4.69, 9.17) is 0 Å². The lowest BCUT2D eigenvalue weighted by Gasteiger charge is -1.88. The summed E-state index contributed by atoms with van der Waals surface area (Å²) in [4.78, 5) is 0. The van der Waals surface area contributed by atoms with Gasteiger partial charge in [-0.15, -0.1) is 6.58 Å². The zero-order valence-electron chi connectivity index (χ0n) is 10.9. The van der Waals surface area contributed by atoms with Crippen molar-refractivity contribution >= 4 is 0 Å². The van der Waals surface area contributed by atoms with Crippen LogP contribution in [-0.4, -0.2) is 0 Å². The molecule has 0 fully saturated rings. The van der Waals surface area contributed by atoms with Crippen LogP contribution in [0.25, 0.3) is 0 Å². The lowest BCUT2D eigenvalue weighted by atomic mass is 10.2. The molecule has 0 heteroatoms. The summed E-state index contributed by atoms with van der Waals surface area (Å²) in [5, 5.41) is 0. The van der Waals surface area contributed by atoms with E-state index < -0.39 is 0 Å². The summed E-state index contributed by atoms with van der Waals surface area (Å²) in [6.45, 7) is 16.0. The Bertz CT molecular complexity index is 138. The van der Waals surface area contributed by atoms with Gasteiger partial charge in [0.25, 0.3) is 0 Å². The van der Waals surface area contributed by atoms with Crippen LogP contribution in [0.4, 0.5) is 0 Å². The normalized spacial score (nSPS) is 9.71. The molecule has 0 bridgehead atoms. The molecule has 0 rings (SSSR count). The zero-order valence-corrected chi connectivity index (χ0v) is 10.9. The van der Waals surface area contributed by atoms with Crippen LogP contribution >= 0.6 is 0 Å². The van der Waals surface area contributed by atoms with Gasteiger partial charge in [0.1, 0.15) is 0 Å². The smallest absolute Gasteiger partial charge is 0.0141 e. The average Bonchev–Trinajstić information content (AvgIpc) is 2.20. The van der Waals surface area contributed by atoms with E-state index in [0.29, 0.717) is 0 Å². The van der Waals surface area contributed by atoms with Gasteiger partial charge in [0, 0.05) is 0 Å². The molecule has 0 atom stereocenters. The predicted molar refractivity (Wildman–Crippen MR) is 70.7 cm³/mol. The predicted octanol–water partition coefficient (Wildman–Crippen LogP) is 5.53. The maximum atomic E-state index is 3.64. The summed E-state index contributed by atoms with van der Waals surface area (Å²) in [6.07, 6.45) is 10.3. The van der Waals surface area contributed by atoms with Crippen LogP contribution in [0, 0.1) is 0 Å². The maximum Gasteiger partial charge on any atom is -0.0141 e. The second kappa shape index (κ2) is 22.8. The van der Waals surface area contributed by atoms with E-state index in [1.165, 1.54) is 12.0 Å². The van der Waals surface area contributed by atoms with Crippen LogP contribution < -0.4 is 0 Å². The molecule has 0 nitrogen and oxygen atoms in total. The van der Waals surface area contributed by atoms with Gasteiger partial charge in [0.05, 0.1) is 0 Å². The minimum Gasteiger partial charge on any atom is -0.103 e. The third-order valence-electron chi connectivity index (χ3n) is 1.04. The number of rotatable bonds is 3. The lowest BCUT2D eigenvalue weighted by molar-refractivity contribution is 1.09. The van der Waals surface area contributed by atoms with Gasteiger partial charge < -0.3 is 0 Å². The molecule has 0 spiro atoms. The van der Waals surface area contributed by atoms with Crippen LogP contribution in [0.1, 0.15) is 54.4 Å². The fraction of sp³-hybridized carbons (Fsp3) is 0.571. The van der Waals surface area contributed by atoms with Gasteiger partial charge in [-0.3, -0.25) is 0 Å². The van der Waals surface area contributed by atoms with Crippen molar-refractivity contribution in [3.63, 3.8) is 0 Å². The molecule has 0 aliphatic heterocycles. The molecule has 0 aliphatic carbocycles. The van der Waals surface area contributed by atoms with Crippen LogP contribution in [0.3, 0.4) is 0 Å². The SMILES string of the molecule is C=CC/C(C)=C\C=C\C.CC.CCC. The summed E-state index contributed by atoms with van der Waals surface area (Å²) in [5.41, 5.74) is 1.35. The van der Waals surface area contributed by atoms with E-state index in [0.717, 1.165) is 6.42 Å². The van der Waals surface area contributed by atoms with Crippen LogP contribution in [-0.2, 0) is 0 Å². The Labute approximate surface area is 91.4 Å². The summed E-state index contributed by atoms with van der Waals surface area (Å²) < 4.78 is 0. The molecule has 0 aromatic carbocycles. The molecule has 0 N–H and O–H groups in total. The topological polar surface area (TPSA) is 0 Å². The van der Waals surface area contributed by atoms with Gasteiger partial charge in [0.15, 0.2) is 0 Å². The van der Waals surface area contributed by atoms with Gasteiger partial charge in [-0.1, -0.05) is 64.0 Å². The van der Waals surface area contributed by atoms with E-state index in [2.05, 4.69) is 33.4 Å². The Morgan fingerprint density at radius 2 is 1.64 bits per heavy atom. The van der Waals surface area contributed by atoms with Gasteiger partial charge >= 0.3 is 0 Å². The van der Waals surface area contributed by atoms with Gasteiger partial charge in [-0.25, -0.2) is 0 Å². The number of hydrogen-bond donors (Lipinski definition) is 0. The van der Waals surface area contributed by atoms with Crippen molar-refractivity contribution in [2.75, 3.05) is 0 Å². The van der Waals surface area contributed by atoms with Gasteiger partial charge in [-0.2, -0.15) is 0 Å². The molecule has 14 heavy (non-hydrogen) atoms. The van der Waals surface area contributed by atoms with Crippen molar-refractivity contribution in [2.24, 2.45) is 0 Å². The Morgan fingerprint density at radius 3 is 1.93 bits per heavy atom. The summed E-state index contributed by atoms with van der Waals surface area (Å²) in [5.74, 6) is 0. The van der Waals surface area contributed by atoms with Crippen molar-refractivity contribution in [3.05, 3.63) is 36.5 Å². The van der Waals surface area contributed by atoms with Gasteiger partial charge in [-0.05, 0) is 20.3 Å². The number of hydrogen-bond acceptors (Lipinski definition) is 0. The molecular formula is C14H28. The van der Waals surface area contributed by atoms with Crippen molar-refractivity contribution in [3.8, 4) is 0 Å². The van der Waals surface area contributed by atoms with E-state index in [1.807, 2.05) is 39.0 Å². The van der Waals surface area contributed by atoms with E-state index >= 15 is 0 Å². The molecule has 0 saturated carbocycles. The zero-order chi connectivity index (χ0) is 11.8. The Hall–Kier alpha value is -0.780. The molecule has 84 valence electrons. The average molecular weight is 196 g/mol. The largest absolute Gasteiger partial charge is 0.103 e. The monoisotopic (exact) mass is 196 g/mol. The molecule has 0 heterocycles. The molecular weight excluding hydrogens is 168 g/mol. The highest BCUT2D eigenvalue weighted by molar-refractivity contribution is 5.11. The second-order valence-electron chi connectivity index (χ2n) is 2.74.